The van der Waals surface area contributed by atoms with Crippen LogP contribution in [0.4, 0.5) is 0 Å². The van der Waals surface area contributed by atoms with Crippen LogP contribution in [0.2, 0.25) is 0 Å². The number of nitriles is 1. The van der Waals surface area contributed by atoms with Crippen molar-refractivity contribution in [2.24, 2.45) is 0 Å². The van der Waals surface area contributed by atoms with Crippen molar-refractivity contribution in [2.75, 3.05) is 13.1 Å². The van der Waals surface area contributed by atoms with Gasteiger partial charge in [0.1, 0.15) is 0 Å². The van der Waals surface area contributed by atoms with Gasteiger partial charge in [0.05, 0.1) is 18.2 Å². The van der Waals surface area contributed by atoms with E-state index in [1.165, 1.54) is 21.8 Å². The third-order valence-electron chi connectivity index (χ3n) is 4.92. The molecule has 1 fully saturated rings. The largest absolute Gasteiger partial charge is 0.380 e. The molecule has 7 nitrogen and oxygen atoms in total. The van der Waals surface area contributed by atoms with E-state index in [9.17, 15) is 25.1 Å². The first-order valence-electron chi connectivity index (χ1n) is 12.8. The van der Waals surface area contributed by atoms with Gasteiger partial charge in [-0.05, 0) is 68.7 Å². The average Bonchev–Trinajstić information content (AvgIpc) is 3.60. The maximum absolute atomic E-state index is 12.1. The van der Waals surface area contributed by atoms with Crippen LogP contribution in [0.15, 0.2) is 60.5 Å². The molecule has 2 amide bonds. The fraction of sp³-hybridized carbons (Fsp3) is 0.433. The molecule has 2 atom stereocenters. The summed E-state index contributed by atoms with van der Waals surface area (Å²) in [5.74, 6) is -1.39. The van der Waals surface area contributed by atoms with E-state index in [0.717, 1.165) is 28.8 Å². The monoisotopic (exact) mass is 541 g/mol. The minimum Gasteiger partial charge on any atom is -0.380 e. The molecule has 1 aliphatic rings. The highest BCUT2D eigenvalue weighted by Crippen LogP contribution is 2.20. The van der Waals surface area contributed by atoms with Crippen LogP contribution in [0.5, 0.6) is 0 Å². The molecule has 2 heterocycles. The highest BCUT2D eigenvalue weighted by atomic mass is 32.1. The predicted molar refractivity (Wildman–Crippen MR) is 156 cm³/mol. The summed E-state index contributed by atoms with van der Waals surface area (Å²) >= 11 is 1.45. The van der Waals surface area contributed by atoms with Gasteiger partial charge >= 0.3 is 0 Å². The number of benzene rings is 1. The SMILES string of the molecule is C=C(C)C.C=CC.CC.N#Cc1ccccc1Cc1csc(CNC(=O)C(O)C(O)C(=O)N2CCCC2)c1. The lowest BCUT2D eigenvalue weighted by Crippen LogP contribution is -2.50. The van der Waals surface area contributed by atoms with Crippen molar-refractivity contribution >= 4 is 23.2 Å². The molecule has 38 heavy (non-hydrogen) atoms. The van der Waals surface area contributed by atoms with Crippen molar-refractivity contribution in [1.29, 1.82) is 5.26 Å². The molecule has 1 aromatic carbocycles. The predicted octanol–water partition coefficient (Wildman–Crippen LogP) is 4.97. The Labute approximate surface area is 232 Å². The first-order chi connectivity index (χ1) is 18.1. The van der Waals surface area contributed by atoms with Crippen molar-refractivity contribution in [3.05, 3.63) is 82.1 Å². The van der Waals surface area contributed by atoms with Crippen LogP contribution in [0.25, 0.3) is 0 Å². The van der Waals surface area contributed by atoms with Gasteiger partial charge in [0.25, 0.3) is 11.8 Å². The Morgan fingerprint density at radius 2 is 1.74 bits per heavy atom. The number of rotatable bonds is 7. The van der Waals surface area contributed by atoms with Gasteiger partial charge in [-0.25, -0.2) is 0 Å². The number of thiophene rings is 1. The standard InChI is InChI=1S/C21H23N3O4S.C4H8.C3H6.C2H6/c22-11-16-6-2-1-5-15(16)9-14-10-17(29-13-14)12-23-20(27)18(25)19(26)21(28)24-7-3-4-8-24;1-4(2)3;1-3-2;1-2/h1-2,5-6,10,13,18-19,25-26H,3-4,7-9,12H2,(H,23,27);1H2,2-3H3;3H,1H2,2H3;1-2H3. The minimum atomic E-state index is -1.80. The lowest BCUT2D eigenvalue weighted by molar-refractivity contribution is -0.152. The molecule has 1 saturated heterocycles. The highest BCUT2D eigenvalue weighted by molar-refractivity contribution is 7.10. The summed E-state index contributed by atoms with van der Waals surface area (Å²) < 4.78 is 0. The number of aliphatic hydroxyl groups is 2. The smallest absolute Gasteiger partial charge is 0.254 e. The van der Waals surface area contributed by atoms with E-state index in [1.54, 1.807) is 12.1 Å². The Kier molecular flexibility index (Phi) is 18.1. The Morgan fingerprint density at radius 3 is 2.29 bits per heavy atom. The number of hydrogen-bond donors (Lipinski definition) is 3. The van der Waals surface area contributed by atoms with Crippen LogP contribution >= 0.6 is 11.3 Å². The van der Waals surface area contributed by atoms with Gasteiger partial charge in [0, 0.05) is 18.0 Å². The Bertz CT molecular complexity index is 1050. The van der Waals surface area contributed by atoms with Crippen LogP contribution in [-0.4, -0.2) is 52.2 Å². The van der Waals surface area contributed by atoms with Gasteiger partial charge in [-0.3, -0.25) is 9.59 Å². The lowest BCUT2D eigenvalue weighted by Gasteiger charge is -2.22. The molecule has 2 unspecified atom stereocenters. The van der Waals surface area contributed by atoms with E-state index in [-0.39, 0.29) is 6.54 Å². The molecule has 3 N–H and O–H groups in total. The van der Waals surface area contributed by atoms with Crippen LogP contribution in [0.1, 0.15) is 69.0 Å². The molecular formula is C30H43N3O4S. The molecule has 0 bridgehead atoms. The summed E-state index contributed by atoms with van der Waals surface area (Å²) in [6.07, 6.45) is 0.528. The Hall–Kier alpha value is -3.25. The molecule has 1 aliphatic heterocycles. The van der Waals surface area contributed by atoms with E-state index in [4.69, 9.17) is 0 Å². The first-order valence-corrected chi connectivity index (χ1v) is 13.7. The molecule has 2 aromatic rings. The average molecular weight is 542 g/mol. The number of carbonyl (C=O) groups is 2. The van der Waals surface area contributed by atoms with E-state index >= 15 is 0 Å². The maximum atomic E-state index is 12.1. The Balaban J connectivity index is 0.00000134. The molecule has 3 rings (SSSR count). The second-order valence-electron chi connectivity index (χ2n) is 8.62. The molecular weight excluding hydrogens is 498 g/mol. The van der Waals surface area contributed by atoms with Gasteiger partial charge in [-0.2, -0.15) is 5.26 Å². The van der Waals surface area contributed by atoms with E-state index in [2.05, 4.69) is 24.5 Å². The number of likely N-dealkylation sites (tertiary alicyclic amines) is 1. The van der Waals surface area contributed by atoms with Gasteiger partial charge in [-0.1, -0.05) is 43.7 Å². The summed E-state index contributed by atoms with van der Waals surface area (Å²) in [6.45, 7) is 18.0. The second-order valence-corrected chi connectivity index (χ2v) is 9.62. The van der Waals surface area contributed by atoms with Crippen molar-refractivity contribution in [1.82, 2.24) is 10.2 Å². The number of nitrogens with one attached hydrogen (secondary N) is 1. The topological polar surface area (TPSA) is 114 Å². The van der Waals surface area contributed by atoms with Crippen molar-refractivity contribution in [3.8, 4) is 6.07 Å². The number of carbonyl (C=O) groups excluding carboxylic acids is 2. The van der Waals surface area contributed by atoms with Crippen LogP contribution in [0, 0.1) is 11.3 Å². The third-order valence-corrected chi connectivity index (χ3v) is 5.90. The molecule has 208 valence electrons. The van der Waals surface area contributed by atoms with Gasteiger partial charge in [0.2, 0.25) is 0 Å². The third kappa shape index (κ3) is 12.8. The van der Waals surface area contributed by atoms with E-state index in [0.29, 0.717) is 25.1 Å². The first kappa shape index (κ1) is 34.8. The van der Waals surface area contributed by atoms with E-state index < -0.39 is 24.0 Å². The summed E-state index contributed by atoms with van der Waals surface area (Å²) in [7, 11) is 0. The van der Waals surface area contributed by atoms with Crippen molar-refractivity contribution in [3.63, 3.8) is 0 Å². The number of aliphatic hydroxyl groups excluding tert-OH is 2. The normalized spacial score (nSPS) is 13.1. The second kappa shape index (κ2) is 19.8. The van der Waals surface area contributed by atoms with Crippen molar-refractivity contribution in [2.45, 2.75) is 72.6 Å². The quantitative estimate of drug-likeness (QED) is 0.428. The van der Waals surface area contributed by atoms with Gasteiger partial charge in [0.15, 0.2) is 12.2 Å². The fourth-order valence-corrected chi connectivity index (χ4v) is 4.13. The summed E-state index contributed by atoms with van der Waals surface area (Å²) in [4.78, 5) is 26.6. The summed E-state index contributed by atoms with van der Waals surface area (Å²) in [5.41, 5.74) is 3.75. The van der Waals surface area contributed by atoms with Crippen LogP contribution in [-0.2, 0) is 22.6 Å². The molecule has 0 spiro atoms. The van der Waals surface area contributed by atoms with Gasteiger partial charge < -0.3 is 20.4 Å². The molecule has 0 radical (unpaired) electrons. The summed E-state index contributed by atoms with van der Waals surface area (Å²) in [6, 6.07) is 11.5. The number of nitrogens with zero attached hydrogens (tertiary/aromatic N) is 2. The molecule has 0 saturated carbocycles. The molecule has 8 heteroatoms. The zero-order valence-electron chi connectivity index (χ0n) is 23.4. The summed E-state index contributed by atoms with van der Waals surface area (Å²) in [5, 5.41) is 33.7. The molecule has 1 aromatic heterocycles. The van der Waals surface area contributed by atoms with Crippen LogP contribution in [0.3, 0.4) is 0 Å². The lowest BCUT2D eigenvalue weighted by atomic mass is 10.0. The zero-order valence-corrected chi connectivity index (χ0v) is 24.2. The minimum absolute atomic E-state index is 0.186. The number of allylic oxidation sites excluding steroid dienone is 2. The van der Waals surface area contributed by atoms with Crippen molar-refractivity contribution < 1.29 is 19.8 Å². The fourth-order valence-electron chi connectivity index (χ4n) is 3.30. The Morgan fingerprint density at radius 1 is 1.18 bits per heavy atom. The van der Waals surface area contributed by atoms with Crippen LogP contribution < -0.4 is 5.32 Å². The number of hydrogen-bond acceptors (Lipinski definition) is 6. The highest BCUT2D eigenvalue weighted by Gasteiger charge is 2.34. The van der Waals surface area contributed by atoms with E-state index in [1.807, 2.05) is 64.3 Å². The van der Waals surface area contributed by atoms with Gasteiger partial charge in [-0.15, -0.1) is 24.5 Å². The maximum Gasteiger partial charge on any atom is 0.254 e. The molecule has 0 aliphatic carbocycles. The zero-order chi connectivity index (χ0) is 29.1. The number of amides is 2.